The summed E-state index contributed by atoms with van der Waals surface area (Å²) < 4.78 is 62.9. The number of fused-ring (bicyclic) bond motifs is 1. The summed E-state index contributed by atoms with van der Waals surface area (Å²) in [7, 11) is 1.66. The number of nitrogens with zero attached hydrogens (tertiary/aromatic N) is 2. The molecule has 188 valence electrons. The maximum atomic E-state index is 15.2. The number of halogens is 4. The molecule has 4 aromatic rings. The predicted molar refractivity (Wildman–Crippen MR) is 129 cm³/mol. The molecule has 0 atom stereocenters. The second kappa shape index (κ2) is 11.9. The van der Waals surface area contributed by atoms with Gasteiger partial charge in [0.05, 0.1) is 6.61 Å². The number of hydrogen-bond donors (Lipinski definition) is 0. The van der Waals surface area contributed by atoms with E-state index < -0.39 is 18.2 Å². The Morgan fingerprint density at radius 3 is 2.22 bits per heavy atom. The van der Waals surface area contributed by atoms with Gasteiger partial charge in [0.25, 0.3) is 0 Å². The van der Waals surface area contributed by atoms with E-state index in [-0.39, 0.29) is 5.82 Å². The lowest BCUT2D eigenvalue weighted by Crippen LogP contribution is -2.04. The van der Waals surface area contributed by atoms with Crippen LogP contribution in [-0.4, -0.2) is 30.3 Å². The summed E-state index contributed by atoms with van der Waals surface area (Å²) in [4.78, 5) is 8.82. The Morgan fingerprint density at radius 2 is 1.50 bits per heavy atom. The highest BCUT2D eigenvalue weighted by atomic mass is 19.3. The van der Waals surface area contributed by atoms with Crippen molar-refractivity contribution in [3.8, 4) is 5.75 Å². The second-order valence-electron chi connectivity index (χ2n) is 8.49. The highest BCUT2D eigenvalue weighted by Gasteiger charge is 2.12. The van der Waals surface area contributed by atoms with E-state index in [0.29, 0.717) is 42.4 Å². The first-order valence-electron chi connectivity index (χ1n) is 11.6. The zero-order valence-corrected chi connectivity index (χ0v) is 19.8. The molecule has 0 aliphatic heterocycles. The van der Waals surface area contributed by atoms with Crippen molar-refractivity contribution >= 4 is 10.8 Å². The molecule has 4 rings (SSSR count). The monoisotopic (exact) mass is 498 g/mol. The first-order valence-corrected chi connectivity index (χ1v) is 11.6. The Hall–Kier alpha value is -3.52. The molecule has 1 aromatic heterocycles. The molecule has 0 N–H and O–H groups in total. The lowest BCUT2D eigenvalue weighted by Gasteiger charge is -2.10. The average Bonchev–Trinajstić information content (AvgIpc) is 2.87. The third kappa shape index (κ3) is 6.57. The van der Waals surface area contributed by atoms with Crippen LogP contribution in [0.15, 0.2) is 60.9 Å². The lowest BCUT2D eigenvalue weighted by atomic mass is 9.98. The number of methoxy groups -OCH3 is 1. The average molecular weight is 499 g/mol. The number of ether oxygens (including phenoxy) is 2. The molecule has 0 amide bonds. The van der Waals surface area contributed by atoms with Crippen LogP contribution in [0.1, 0.15) is 28.1 Å². The molecule has 0 spiro atoms. The van der Waals surface area contributed by atoms with Crippen molar-refractivity contribution in [2.45, 2.75) is 38.7 Å². The molecule has 0 radical (unpaired) electrons. The SMILES string of the molecule is COCCc1cnc(CCc2ccc3c(F)c(CCc4ccc(OC(F)F)c(F)c4)ccc3c2)nc1. The maximum absolute atomic E-state index is 15.2. The van der Waals surface area contributed by atoms with Crippen molar-refractivity contribution < 1.29 is 27.0 Å². The van der Waals surface area contributed by atoms with Gasteiger partial charge < -0.3 is 9.47 Å². The smallest absolute Gasteiger partial charge is 0.387 e. The third-order valence-corrected chi connectivity index (χ3v) is 5.98. The largest absolute Gasteiger partial charge is 0.432 e. The van der Waals surface area contributed by atoms with Gasteiger partial charge in [-0.2, -0.15) is 8.78 Å². The fourth-order valence-electron chi connectivity index (χ4n) is 4.02. The molecule has 0 unspecified atom stereocenters. The van der Waals surface area contributed by atoms with Gasteiger partial charge in [-0.1, -0.05) is 36.4 Å². The number of rotatable bonds is 11. The van der Waals surface area contributed by atoms with Crippen LogP contribution in [-0.2, 0) is 36.8 Å². The van der Waals surface area contributed by atoms with Gasteiger partial charge in [0, 0.05) is 31.3 Å². The van der Waals surface area contributed by atoms with E-state index >= 15 is 4.39 Å². The molecule has 4 nitrogen and oxygen atoms in total. The van der Waals surface area contributed by atoms with Crippen LogP contribution in [0.2, 0.25) is 0 Å². The zero-order chi connectivity index (χ0) is 25.5. The summed E-state index contributed by atoms with van der Waals surface area (Å²) in [6.45, 7) is -2.47. The first-order chi connectivity index (χ1) is 17.4. The maximum Gasteiger partial charge on any atom is 0.387 e. The van der Waals surface area contributed by atoms with Crippen LogP contribution in [0.5, 0.6) is 5.75 Å². The lowest BCUT2D eigenvalue weighted by molar-refractivity contribution is -0.0522. The molecule has 0 fully saturated rings. The van der Waals surface area contributed by atoms with Crippen LogP contribution >= 0.6 is 0 Å². The third-order valence-electron chi connectivity index (χ3n) is 5.98. The first kappa shape index (κ1) is 25.6. The number of benzene rings is 3. The van der Waals surface area contributed by atoms with Gasteiger partial charge in [0.1, 0.15) is 11.6 Å². The van der Waals surface area contributed by atoms with E-state index in [9.17, 15) is 13.2 Å². The van der Waals surface area contributed by atoms with Gasteiger partial charge in [-0.15, -0.1) is 0 Å². The van der Waals surface area contributed by atoms with E-state index in [2.05, 4.69) is 14.7 Å². The van der Waals surface area contributed by atoms with Crippen molar-refractivity contribution in [3.63, 3.8) is 0 Å². The molecule has 3 aromatic carbocycles. The highest BCUT2D eigenvalue weighted by molar-refractivity contribution is 5.84. The minimum absolute atomic E-state index is 0.313. The topological polar surface area (TPSA) is 44.2 Å². The zero-order valence-electron chi connectivity index (χ0n) is 19.8. The molecule has 0 saturated heterocycles. The Bertz CT molecular complexity index is 1310. The van der Waals surface area contributed by atoms with Crippen LogP contribution < -0.4 is 4.74 Å². The van der Waals surface area contributed by atoms with Gasteiger partial charge in [0.15, 0.2) is 11.6 Å². The summed E-state index contributed by atoms with van der Waals surface area (Å²) in [6.07, 6.45) is 6.51. The summed E-state index contributed by atoms with van der Waals surface area (Å²) in [5, 5.41) is 1.31. The van der Waals surface area contributed by atoms with E-state index in [0.717, 1.165) is 47.3 Å². The Morgan fingerprint density at radius 1 is 0.778 bits per heavy atom. The highest BCUT2D eigenvalue weighted by Crippen LogP contribution is 2.25. The molecule has 36 heavy (non-hydrogen) atoms. The fourth-order valence-corrected chi connectivity index (χ4v) is 4.02. The van der Waals surface area contributed by atoms with E-state index in [1.54, 1.807) is 19.2 Å². The summed E-state index contributed by atoms with van der Waals surface area (Å²) in [6, 6.07) is 13.0. The number of alkyl halides is 2. The van der Waals surface area contributed by atoms with Crippen molar-refractivity contribution in [2.75, 3.05) is 13.7 Å². The normalized spacial score (nSPS) is 11.4. The van der Waals surface area contributed by atoms with Crippen molar-refractivity contribution in [3.05, 3.63) is 101 Å². The number of aryl methyl sites for hydroxylation is 4. The van der Waals surface area contributed by atoms with E-state index in [4.69, 9.17) is 4.74 Å². The van der Waals surface area contributed by atoms with E-state index in [1.165, 1.54) is 6.07 Å². The van der Waals surface area contributed by atoms with Crippen LogP contribution in [0.25, 0.3) is 10.8 Å². The quantitative estimate of drug-likeness (QED) is 0.229. The molecule has 8 heteroatoms. The minimum Gasteiger partial charge on any atom is -0.432 e. The fraction of sp³-hybridized carbons (Fsp3) is 0.286. The molecule has 0 bridgehead atoms. The molecule has 0 aliphatic carbocycles. The second-order valence-corrected chi connectivity index (χ2v) is 8.49. The number of aromatic nitrogens is 2. The van der Waals surface area contributed by atoms with Crippen molar-refractivity contribution in [1.82, 2.24) is 9.97 Å². The summed E-state index contributed by atoms with van der Waals surface area (Å²) >= 11 is 0. The van der Waals surface area contributed by atoms with Crippen molar-refractivity contribution in [1.29, 1.82) is 0 Å². The van der Waals surface area contributed by atoms with Crippen LogP contribution in [0.4, 0.5) is 17.6 Å². The Labute approximate surface area is 206 Å². The van der Waals surface area contributed by atoms with Gasteiger partial charge in [-0.05, 0) is 65.5 Å². The molecular weight excluding hydrogens is 472 g/mol. The summed E-state index contributed by atoms with van der Waals surface area (Å²) in [5.74, 6) is -0.936. The molecule has 1 heterocycles. The molecule has 0 aliphatic rings. The van der Waals surface area contributed by atoms with E-state index in [1.807, 2.05) is 30.6 Å². The summed E-state index contributed by atoms with van der Waals surface area (Å²) in [5.41, 5.74) is 3.16. The molecular formula is C28H26F4N2O2. The van der Waals surface area contributed by atoms with Gasteiger partial charge in [-0.25, -0.2) is 18.7 Å². The van der Waals surface area contributed by atoms with Crippen molar-refractivity contribution in [2.24, 2.45) is 0 Å². The minimum atomic E-state index is -3.09. The van der Waals surface area contributed by atoms with Gasteiger partial charge >= 0.3 is 6.61 Å². The predicted octanol–water partition coefficient (Wildman–Crippen LogP) is 6.27. The van der Waals surface area contributed by atoms with Crippen LogP contribution in [0.3, 0.4) is 0 Å². The Balaban J connectivity index is 1.39. The van der Waals surface area contributed by atoms with Gasteiger partial charge in [-0.3, -0.25) is 0 Å². The Kier molecular flexibility index (Phi) is 8.48. The van der Waals surface area contributed by atoms with Gasteiger partial charge in [0.2, 0.25) is 0 Å². The van der Waals surface area contributed by atoms with Crippen LogP contribution in [0, 0.1) is 11.6 Å². The standard InChI is InChI=1S/C28H26F4N2O2/c1-35-13-12-20-16-33-26(34-17-20)11-5-18-3-9-23-22(14-18)8-7-21(27(23)30)6-2-19-4-10-25(24(29)15-19)36-28(31)32/h3-4,7-10,14-17,28H,2,5-6,11-13H2,1H3. The number of hydrogen-bond acceptors (Lipinski definition) is 4. The molecule has 0 saturated carbocycles.